The second kappa shape index (κ2) is 5.85. The minimum Gasteiger partial charge on any atom is -0.396 e. The average Bonchev–Trinajstić information content (AvgIpc) is 2.25. The fourth-order valence-electron chi connectivity index (χ4n) is 0.950. The predicted octanol–water partition coefficient (Wildman–Crippen LogP) is 3.19. The van der Waals surface area contributed by atoms with E-state index in [2.05, 4.69) is 10.3 Å². The summed E-state index contributed by atoms with van der Waals surface area (Å²) in [5.41, 5.74) is 6.56. The van der Waals surface area contributed by atoms with E-state index in [4.69, 9.17) is 34.2 Å². The monoisotopic (exact) mass is 274 g/mol. The number of halogens is 2. The number of aliphatic imine (C=N–C) groups is 1. The molecule has 0 heterocycles. The molecule has 0 aromatic heterocycles. The number of nitrogen functional groups attached to an aromatic ring is 1. The van der Waals surface area contributed by atoms with Crippen molar-refractivity contribution in [2.75, 3.05) is 17.3 Å². The first-order chi connectivity index (χ1) is 7.58. The molecule has 16 heavy (non-hydrogen) atoms. The summed E-state index contributed by atoms with van der Waals surface area (Å²) in [5.74, 6) is 0. The largest absolute Gasteiger partial charge is 0.396 e. The molecule has 0 atom stereocenters. The van der Waals surface area contributed by atoms with Gasteiger partial charge < -0.3 is 11.1 Å². The van der Waals surface area contributed by atoms with Gasteiger partial charge in [-0.25, -0.2) is 0 Å². The number of hydrogen-bond acceptors (Lipinski definition) is 4. The van der Waals surface area contributed by atoms with Crippen LogP contribution in [0.1, 0.15) is 0 Å². The molecule has 0 amide bonds. The fourth-order valence-corrected chi connectivity index (χ4v) is 1.79. The third-order valence-corrected chi connectivity index (χ3v) is 2.88. The number of nitrogens with zero attached hydrogens (tertiary/aromatic N) is 2. The molecule has 4 nitrogen and oxygen atoms in total. The number of anilines is 2. The van der Waals surface area contributed by atoms with Gasteiger partial charge in [-0.05, 0) is 18.4 Å². The second-order valence-electron chi connectivity index (χ2n) is 2.70. The van der Waals surface area contributed by atoms with Crippen LogP contribution in [-0.4, -0.2) is 11.4 Å². The van der Waals surface area contributed by atoms with Gasteiger partial charge in [-0.2, -0.15) is 5.26 Å². The van der Waals surface area contributed by atoms with E-state index in [-0.39, 0.29) is 0 Å². The summed E-state index contributed by atoms with van der Waals surface area (Å²) in [4.78, 5) is 3.58. The zero-order chi connectivity index (χ0) is 12.1. The first-order valence-electron chi connectivity index (χ1n) is 4.10. The first-order valence-corrected chi connectivity index (χ1v) is 6.09. The van der Waals surface area contributed by atoms with Crippen molar-refractivity contribution in [1.29, 1.82) is 5.26 Å². The Morgan fingerprint density at radius 1 is 1.50 bits per heavy atom. The molecule has 0 aliphatic heterocycles. The molecule has 0 aliphatic carbocycles. The standard InChI is InChI=1S/C9H8Cl2N4S/c1-16-9(14-4-12)15-5-2-6(10)8(13)7(11)3-5/h2-3H,13H2,1H3,(H,14,15). The Morgan fingerprint density at radius 2 is 2.06 bits per heavy atom. The van der Waals surface area contributed by atoms with Gasteiger partial charge in [0.2, 0.25) is 6.19 Å². The highest BCUT2D eigenvalue weighted by atomic mass is 35.5. The van der Waals surface area contributed by atoms with Crippen LogP contribution < -0.4 is 11.1 Å². The molecule has 0 bridgehead atoms. The summed E-state index contributed by atoms with van der Waals surface area (Å²) in [7, 11) is 0. The zero-order valence-corrected chi connectivity index (χ0v) is 10.6. The van der Waals surface area contributed by atoms with Crippen LogP contribution in [0.3, 0.4) is 0 Å². The maximum Gasteiger partial charge on any atom is 0.208 e. The maximum atomic E-state index is 8.44. The van der Waals surface area contributed by atoms with Crippen molar-refractivity contribution in [3.05, 3.63) is 22.2 Å². The molecule has 7 heteroatoms. The Kier molecular flexibility index (Phi) is 4.74. The van der Waals surface area contributed by atoms with E-state index >= 15 is 0 Å². The average molecular weight is 275 g/mol. The quantitative estimate of drug-likeness (QED) is 0.357. The van der Waals surface area contributed by atoms with Crippen molar-refractivity contribution in [1.82, 2.24) is 0 Å². The molecule has 3 N–H and O–H groups in total. The molecule has 0 fully saturated rings. The number of amidine groups is 1. The lowest BCUT2D eigenvalue weighted by molar-refractivity contribution is 1.44. The van der Waals surface area contributed by atoms with Gasteiger partial charge in [0.1, 0.15) is 0 Å². The highest BCUT2D eigenvalue weighted by Crippen LogP contribution is 2.31. The van der Waals surface area contributed by atoms with Crippen molar-refractivity contribution < 1.29 is 0 Å². The molecule has 0 saturated heterocycles. The van der Waals surface area contributed by atoms with Gasteiger partial charge in [0.15, 0.2) is 5.17 Å². The van der Waals surface area contributed by atoms with Crippen LogP contribution in [0.25, 0.3) is 0 Å². The number of rotatable bonds is 1. The van der Waals surface area contributed by atoms with Crippen LogP contribution in [-0.2, 0) is 0 Å². The summed E-state index contributed by atoms with van der Waals surface area (Å²) >= 11 is 13.0. The van der Waals surface area contributed by atoms with Crippen molar-refractivity contribution in [3.63, 3.8) is 0 Å². The lowest BCUT2D eigenvalue weighted by atomic mass is 10.3. The summed E-state index contributed by atoms with van der Waals surface area (Å²) < 4.78 is 0. The minimum absolute atomic E-state index is 0.330. The summed E-state index contributed by atoms with van der Waals surface area (Å²) in [6, 6.07) is 3.23. The maximum absolute atomic E-state index is 8.44. The van der Waals surface area contributed by atoms with Crippen molar-refractivity contribution in [2.24, 2.45) is 4.99 Å². The highest BCUT2D eigenvalue weighted by Gasteiger charge is 2.06. The van der Waals surface area contributed by atoms with Crippen LogP contribution in [0.4, 0.5) is 11.4 Å². The fraction of sp³-hybridized carbons (Fsp3) is 0.111. The Hall–Kier alpha value is -1.09. The molecule has 84 valence electrons. The molecule has 0 saturated carbocycles. The van der Waals surface area contributed by atoms with Gasteiger partial charge in [0, 0.05) is 5.69 Å². The van der Waals surface area contributed by atoms with Crippen LogP contribution in [0.5, 0.6) is 0 Å². The summed E-state index contributed by atoms with van der Waals surface area (Å²) in [5, 5.41) is 12.5. The molecular weight excluding hydrogens is 267 g/mol. The Balaban J connectivity index is 2.99. The number of nitrogens with two attached hydrogens (primary N) is 1. The molecule has 1 aromatic carbocycles. The SMILES string of the molecule is CS/C(=N\C#N)Nc1cc(Cl)c(N)c(Cl)c1. The summed E-state index contributed by atoms with van der Waals surface area (Å²) in [6.45, 7) is 0. The normalized spacial score (nSPS) is 11.0. The number of nitrogens with one attached hydrogen (secondary N) is 1. The second-order valence-corrected chi connectivity index (χ2v) is 4.31. The van der Waals surface area contributed by atoms with E-state index < -0.39 is 0 Å². The van der Waals surface area contributed by atoms with E-state index in [9.17, 15) is 0 Å². The van der Waals surface area contributed by atoms with Crippen LogP contribution in [0.2, 0.25) is 10.0 Å². The molecule has 0 radical (unpaired) electrons. The third kappa shape index (κ3) is 3.20. The molecule has 0 spiro atoms. The van der Waals surface area contributed by atoms with Gasteiger partial charge >= 0.3 is 0 Å². The smallest absolute Gasteiger partial charge is 0.208 e. The first kappa shape index (κ1) is 13.0. The minimum atomic E-state index is 0.330. The van der Waals surface area contributed by atoms with Gasteiger partial charge in [-0.15, -0.1) is 4.99 Å². The van der Waals surface area contributed by atoms with Gasteiger partial charge in [-0.3, -0.25) is 0 Å². The third-order valence-electron chi connectivity index (χ3n) is 1.68. The Morgan fingerprint density at radius 3 is 2.50 bits per heavy atom. The van der Waals surface area contributed by atoms with Gasteiger partial charge in [0.05, 0.1) is 15.7 Å². The van der Waals surface area contributed by atoms with Crippen molar-refractivity contribution in [3.8, 4) is 6.19 Å². The van der Waals surface area contributed by atoms with E-state index in [0.29, 0.717) is 26.6 Å². The van der Waals surface area contributed by atoms with Crippen LogP contribution >= 0.6 is 35.0 Å². The number of nitriles is 1. The number of hydrogen-bond donors (Lipinski definition) is 2. The van der Waals surface area contributed by atoms with Crippen molar-refractivity contribution >= 4 is 51.5 Å². The molecular formula is C9H8Cl2N4S. The van der Waals surface area contributed by atoms with Gasteiger partial charge in [0.25, 0.3) is 0 Å². The predicted molar refractivity (Wildman–Crippen MR) is 71.1 cm³/mol. The van der Waals surface area contributed by atoms with Crippen LogP contribution in [0, 0.1) is 11.5 Å². The Labute approximate surface area is 107 Å². The molecule has 1 rings (SSSR count). The topological polar surface area (TPSA) is 74.2 Å². The van der Waals surface area contributed by atoms with E-state index in [0.717, 1.165) is 0 Å². The molecule has 0 aliphatic rings. The van der Waals surface area contributed by atoms with E-state index in [1.165, 1.54) is 11.8 Å². The van der Waals surface area contributed by atoms with E-state index in [1.54, 1.807) is 24.6 Å². The lowest BCUT2D eigenvalue weighted by Crippen LogP contribution is -2.07. The molecule has 1 aromatic rings. The number of thioether (sulfide) groups is 1. The lowest BCUT2D eigenvalue weighted by Gasteiger charge is -2.08. The summed E-state index contributed by atoms with van der Waals surface area (Å²) in [6.07, 6.45) is 3.49. The van der Waals surface area contributed by atoms with Crippen molar-refractivity contribution in [2.45, 2.75) is 0 Å². The Bertz CT molecular complexity index is 444. The van der Waals surface area contributed by atoms with Crippen LogP contribution in [0.15, 0.2) is 17.1 Å². The zero-order valence-electron chi connectivity index (χ0n) is 8.29. The molecule has 0 unspecified atom stereocenters. The van der Waals surface area contributed by atoms with Gasteiger partial charge in [-0.1, -0.05) is 35.0 Å². The number of benzene rings is 1. The van der Waals surface area contributed by atoms with E-state index in [1.807, 2.05) is 0 Å². The highest BCUT2D eigenvalue weighted by molar-refractivity contribution is 8.13.